The van der Waals surface area contributed by atoms with Crippen molar-refractivity contribution in [2.24, 2.45) is 5.92 Å². The lowest BCUT2D eigenvalue weighted by Gasteiger charge is -2.17. The Bertz CT molecular complexity index is 1430. The smallest absolute Gasteiger partial charge is 0.283 e. The van der Waals surface area contributed by atoms with Crippen LogP contribution in [-0.2, 0) is 9.59 Å². The molecule has 1 aliphatic rings. The van der Waals surface area contributed by atoms with Crippen LogP contribution in [0.5, 0.6) is 0 Å². The number of hydrogen-bond donors (Lipinski definition) is 1. The van der Waals surface area contributed by atoms with Gasteiger partial charge in [0.1, 0.15) is 17.5 Å². The fourth-order valence-corrected chi connectivity index (χ4v) is 3.83. The van der Waals surface area contributed by atoms with E-state index in [1.807, 2.05) is 31.2 Å². The van der Waals surface area contributed by atoms with Gasteiger partial charge >= 0.3 is 0 Å². The third-order valence-electron chi connectivity index (χ3n) is 5.63. The topological polar surface area (TPSA) is 102 Å². The summed E-state index contributed by atoms with van der Waals surface area (Å²) in [5.41, 5.74) is 4.65. The minimum Gasteiger partial charge on any atom is -0.312 e. The maximum Gasteiger partial charge on any atom is 0.283 e. The molecule has 33 heavy (non-hydrogen) atoms. The summed E-state index contributed by atoms with van der Waals surface area (Å²) in [6, 6.07) is 13.1. The third-order valence-corrected chi connectivity index (χ3v) is 5.63. The van der Waals surface area contributed by atoms with Crippen LogP contribution < -0.4 is 15.9 Å². The molecule has 1 unspecified atom stereocenters. The first kappa shape index (κ1) is 20.6. The average molecular weight is 446 g/mol. The molecular weight excluding hydrogens is 427 g/mol. The fourth-order valence-electron chi connectivity index (χ4n) is 3.83. The molecule has 2 aromatic carbocycles. The van der Waals surface area contributed by atoms with Gasteiger partial charge in [-0.25, -0.2) is 18.7 Å². The summed E-state index contributed by atoms with van der Waals surface area (Å²) in [5.74, 6) is -1.60. The van der Waals surface area contributed by atoms with Crippen molar-refractivity contribution in [3.63, 3.8) is 0 Å². The first-order chi connectivity index (χ1) is 15.9. The van der Waals surface area contributed by atoms with E-state index in [4.69, 9.17) is 0 Å². The second-order valence-corrected chi connectivity index (χ2v) is 7.91. The van der Waals surface area contributed by atoms with Crippen molar-refractivity contribution >= 4 is 28.5 Å². The van der Waals surface area contributed by atoms with E-state index in [1.54, 1.807) is 4.90 Å². The lowest BCUT2D eigenvalue weighted by Crippen LogP contribution is -2.37. The molecule has 2 amide bonds. The highest BCUT2D eigenvalue weighted by molar-refractivity contribution is 6.01. The second-order valence-electron chi connectivity index (χ2n) is 7.91. The first-order valence-corrected chi connectivity index (χ1v) is 10.3. The van der Waals surface area contributed by atoms with E-state index < -0.39 is 17.4 Å². The van der Waals surface area contributed by atoms with E-state index in [1.165, 1.54) is 41.5 Å². The van der Waals surface area contributed by atoms with E-state index >= 15 is 0 Å². The van der Waals surface area contributed by atoms with Crippen LogP contribution in [0.4, 0.5) is 10.1 Å². The van der Waals surface area contributed by atoms with Gasteiger partial charge in [0.2, 0.25) is 11.8 Å². The number of aryl methyl sites for hydroxylation is 1. The highest BCUT2D eigenvalue weighted by Crippen LogP contribution is 2.25. The van der Waals surface area contributed by atoms with E-state index in [-0.39, 0.29) is 35.7 Å². The van der Waals surface area contributed by atoms with E-state index in [9.17, 15) is 18.8 Å². The SMILES string of the molecule is Cc1ccc(N2CC(C(=O)Nn3cnc4c(cnn4-c4ccc(F)cc4)c3=O)CC2=O)cc1. The summed E-state index contributed by atoms with van der Waals surface area (Å²) in [6.45, 7) is 2.18. The van der Waals surface area contributed by atoms with E-state index in [0.717, 1.165) is 15.9 Å². The third kappa shape index (κ3) is 3.75. The minimum absolute atomic E-state index is 0.0482. The molecule has 4 aromatic rings. The Kier molecular flexibility index (Phi) is 4.97. The number of aromatic nitrogens is 4. The summed E-state index contributed by atoms with van der Waals surface area (Å²) < 4.78 is 15.6. The Hall–Kier alpha value is -4.34. The summed E-state index contributed by atoms with van der Waals surface area (Å²) >= 11 is 0. The van der Waals surface area contributed by atoms with Crippen molar-refractivity contribution in [1.82, 2.24) is 19.4 Å². The van der Waals surface area contributed by atoms with Crippen molar-refractivity contribution < 1.29 is 14.0 Å². The number of amides is 2. The predicted molar refractivity (Wildman–Crippen MR) is 119 cm³/mol. The lowest BCUT2D eigenvalue weighted by atomic mass is 10.1. The number of carbonyl (C=O) groups is 2. The molecule has 166 valence electrons. The highest BCUT2D eigenvalue weighted by Gasteiger charge is 2.35. The molecule has 1 atom stereocenters. The van der Waals surface area contributed by atoms with Crippen LogP contribution in [0.15, 0.2) is 65.8 Å². The maximum atomic E-state index is 13.2. The zero-order valence-electron chi connectivity index (χ0n) is 17.6. The number of rotatable bonds is 4. The summed E-state index contributed by atoms with van der Waals surface area (Å²) in [6.07, 6.45) is 2.58. The van der Waals surface area contributed by atoms with Crippen molar-refractivity contribution in [1.29, 1.82) is 0 Å². The van der Waals surface area contributed by atoms with Gasteiger partial charge in [0.05, 0.1) is 17.8 Å². The molecule has 0 radical (unpaired) electrons. The monoisotopic (exact) mass is 446 g/mol. The molecular formula is C23H19FN6O3. The minimum atomic E-state index is -0.608. The lowest BCUT2D eigenvalue weighted by molar-refractivity contribution is -0.123. The molecule has 2 aromatic heterocycles. The molecule has 1 N–H and O–H groups in total. The maximum absolute atomic E-state index is 13.2. The molecule has 0 saturated carbocycles. The van der Waals surface area contributed by atoms with E-state index in [0.29, 0.717) is 5.69 Å². The average Bonchev–Trinajstić information content (AvgIpc) is 3.41. The van der Waals surface area contributed by atoms with Crippen LogP contribution in [-0.4, -0.2) is 37.8 Å². The molecule has 0 bridgehead atoms. The number of hydrogen-bond acceptors (Lipinski definition) is 5. The molecule has 9 nitrogen and oxygen atoms in total. The molecule has 3 heterocycles. The molecule has 10 heteroatoms. The van der Waals surface area contributed by atoms with Crippen molar-refractivity contribution in [3.8, 4) is 5.69 Å². The standard InChI is InChI=1S/C23H19FN6O3/c1-14-2-6-17(7-3-14)28-12-15(10-20(28)31)22(32)27-29-13-25-21-19(23(29)33)11-26-30(21)18-8-4-16(24)5-9-18/h2-9,11,13,15H,10,12H2,1H3,(H,27,32). The molecule has 0 aliphatic carbocycles. The van der Waals surface area contributed by atoms with Crippen molar-refractivity contribution in [2.75, 3.05) is 16.9 Å². The predicted octanol–water partition coefficient (Wildman–Crippen LogP) is 2.15. The van der Waals surface area contributed by atoms with Crippen LogP contribution in [0.1, 0.15) is 12.0 Å². The Morgan fingerprint density at radius 2 is 1.76 bits per heavy atom. The number of benzene rings is 2. The molecule has 0 spiro atoms. The summed E-state index contributed by atoms with van der Waals surface area (Å²) in [7, 11) is 0. The van der Waals surface area contributed by atoms with E-state index in [2.05, 4.69) is 15.5 Å². The number of anilines is 1. The Balaban J connectivity index is 1.36. The normalized spacial score (nSPS) is 15.9. The van der Waals surface area contributed by atoms with Gasteiger partial charge in [-0.1, -0.05) is 17.7 Å². The van der Waals surface area contributed by atoms with Crippen molar-refractivity contribution in [2.45, 2.75) is 13.3 Å². The molecule has 1 fully saturated rings. The zero-order valence-corrected chi connectivity index (χ0v) is 17.6. The Labute approximate surface area is 187 Å². The van der Waals surface area contributed by atoms with Crippen LogP contribution in [0.2, 0.25) is 0 Å². The number of fused-ring (bicyclic) bond motifs is 1. The van der Waals surface area contributed by atoms with Crippen LogP contribution >= 0.6 is 0 Å². The van der Waals surface area contributed by atoms with Gasteiger partial charge in [-0.3, -0.25) is 19.8 Å². The number of halogens is 1. The van der Waals surface area contributed by atoms with Gasteiger partial charge in [-0.2, -0.15) is 5.10 Å². The molecule has 5 rings (SSSR count). The molecule has 1 saturated heterocycles. The van der Waals surface area contributed by atoms with Gasteiger partial charge in [0, 0.05) is 18.7 Å². The van der Waals surface area contributed by atoms with Crippen LogP contribution in [0, 0.1) is 18.7 Å². The van der Waals surface area contributed by atoms with Gasteiger partial charge in [-0.05, 0) is 43.3 Å². The highest BCUT2D eigenvalue weighted by atomic mass is 19.1. The van der Waals surface area contributed by atoms with Gasteiger partial charge < -0.3 is 4.90 Å². The molecule has 1 aliphatic heterocycles. The zero-order chi connectivity index (χ0) is 23.1. The largest absolute Gasteiger partial charge is 0.312 e. The first-order valence-electron chi connectivity index (χ1n) is 10.3. The van der Waals surface area contributed by atoms with Gasteiger partial charge in [0.25, 0.3) is 5.56 Å². The fraction of sp³-hybridized carbons (Fsp3) is 0.174. The van der Waals surface area contributed by atoms with Gasteiger partial charge in [-0.15, -0.1) is 0 Å². The Morgan fingerprint density at radius 1 is 1.06 bits per heavy atom. The van der Waals surface area contributed by atoms with Gasteiger partial charge in [0.15, 0.2) is 5.65 Å². The second kappa shape index (κ2) is 7.97. The number of nitrogens with zero attached hydrogens (tertiary/aromatic N) is 5. The number of nitrogens with one attached hydrogen (secondary N) is 1. The van der Waals surface area contributed by atoms with Crippen LogP contribution in [0.3, 0.4) is 0 Å². The van der Waals surface area contributed by atoms with Crippen LogP contribution in [0.25, 0.3) is 16.7 Å². The van der Waals surface area contributed by atoms with Crippen molar-refractivity contribution in [3.05, 3.63) is 82.8 Å². The summed E-state index contributed by atoms with van der Waals surface area (Å²) in [5, 5.41) is 4.35. The Morgan fingerprint density at radius 3 is 2.48 bits per heavy atom. The quantitative estimate of drug-likeness (QED) is 0.518. The number of carbonyl (C=O) groups excluding carboxylic acids is 2. The summed E-state index contributed by atoms with van der Waals surface area (Å²) in [4.78, 5) is 44.0.